The Labute approximate surface area is 341 Å². The molecule has 0 aromatic carbocycles. The van der Waals surface area contributed by atoms with Crippen LogP contribution in [0.2, 0.25) is 0 Å². The second kappa shape index (κ2) is 45.7. The maximum atomic E-state index is 12.4. The highest BCUT2D eigenvalue weighted by Crippen LogP contribution is 2.14. The molecule has 3 N–H and O–H groups in total. The van der Waals surface area contributed by atoms with E-state index < -0.39 is 12.1 Å². The zero-order valence-electron chi connectivity index (χ0n) is 35.9. The fourth-order valence-electron chi connectivity index (χ4n) is 6.37. The summed E-state index contributed by atoms with van der Waals surface area (Å²) in [5.41, 5.74) is 0. The van der Waals surface area contributed by atoms with E-state index in [9.17, 15) is 15.0 Å². The van der Waals surface area contributed by atoms with Gasteiger partial charge in [0.2, 0.25) is 5.91 Å². The van der Waals surface area contributed by atoms with Gasteiger partial charge < -0.3 is 15.5 Å². The highest BCUT2D eigenvalue weighted by atomic mass is 16.3. The van der Waals surface area contributed by atoms with E-state index in [-0.39, 0.29) is 12.5 Å². The molecule has 2 unspecified atom stereocenters. The van der Waals surface area contributed by atoms with E-state index in [1.54, 1.807) is 0 Å². The second-order valence-electron chi connectivity index (χ2n) is 15.1. The largest absolute Gasteiger partial charge is 0.394 e. The lowest BCUT2D eigenvalue weighted by atomic mass is 10.0. The number of carbonyl (C=O) groups is 1. The van der Waals surface area contributed by atoms with Crippen LogP contribution in [0.5, 0.6) is 0 Å². The molecule has 1 amide bonds. The van der Waals surface area contributed by atoms with Crippen molar-refractivity contribution in [2.45, 2.75) is 212 Å². The number of aliphatic hydroxyl groups excluding tert-OH is 2. The molecule has 0 heterocycles. The van der Waals surface area contributed by atoms with E-state index in [1.807, 2.05) is 0 Å². The summed E-state index contributed by atoms with van der Waals surface area (Å²) in [6, 6.07) is -0.550. The van der Waals surface area contributed by atoms with Crippen LogP contribution in [0.25, 0.3) is 0 Å². The molecule has 0 spiro atoms. The number of carbonyl (C=O) groups excluding carboxylic acids is 1. The highest BCUT2D eigenvalue weighted by molar-refractivity contribution is 5.76. The molecule has 0 aliphatic rings. The van der Waals surface area contributed by atoms with Crippen molar-refractivity contribution in [1.82, 2.24) is 5.32 Å². The van der Waals surface area contributed by atoms with Gasteiger partial charge in [-0.25, -0.2) is 0 Å². The number of rotatable bonds is 40. The minimum atomic E-state index is -0.671. The average molecular weight is 762 g/mol. The molecule has 0 aliphatic carbocycles. The smallest absolute Gasteiger partial charge is 0.220 e. The second-order valence-corrected chi connectivity index (χ2v) is 15.1. The standard InChI is InChI=1S/C51H87NO3/c1-3-5-7-9-11-13-15-17-18-19-20-21-22-23-24-25-26-27-28-29-30-31-32-33-34-35-37-39-41-43-45-47-51(55)52-49(48-53)50(54)46-44-42-40-38-36-16-14-12-10-8-6-4-2/h5,7,11,13,17-18,20-21,23-24,26-27,29-30,32-33,49-50,53-54H,3-4,6,8-10,12,14-16,19,22,25,28,31,34-48H2,1-2H3,(H,52,55)/b7-5-,13-11-,18-17-,21-20-,24-23-,27-26-,30-29-,33-32-. The van der Waals surface area contributed by atoms with Crippen LogP contribution in [0, 0.1) is 0 Å². The van der Waals surface area contributed by atoms with Crippen LogP contribution in [0.1, 0.15) is 200 Å². The molecular weight excluding hydrogens is 675 g/mol. The number of amides is 1. The van der Waals surface area contributed by atoms with Gasteiger partial charge in [0.05, 0.1) is 18.8 Å². The highest BCUT2D eigenvalue weighted by Gasteiger charge is 2.19. The van der Waals surface area contributed by atoms with Gasteiger partial charge in [0.25, 0.3) is 0 Å². The first-order valence-electron chi connectivity index (χ1n) is 22.9. The van der Waals surface area contributed by atoms with Gasteiger partial charge in [0.15, 0.2) is 0 Å². The predicted molar refractivity (Wildman–Crippen MR) is 243 cm³/mol. The predicted octanol–water partition coefficient (Wildman–Crippen LogP) is 14.6. The van der Waals surface area contributed by atoms with Crippen molar-refractivity contribution >= 4 is 5.91 Å². The lowest BCUT2D eigenvalue weighted by Crippen LogP contribution is -2.45. The lowest BCUT2D eigenvalue weighted by molar-refractivity contribution is -0.123. The SMILES string of the molecule is CC/C=C\C/C=C\C/C=C\C/C=C\C/C=C\C/C=C\C/C=C\C/C=C\CCCCCCCCC(=O)NC(CO)C(O)CCCCCCCCCCCCCC. The van der Waals surface area contributed by atoms with Gasteiger partial charge in [-0.1, -0.05) is 214 Å². The topological polar surface area (TPSA) is 69.6 Å². The van der Waals surface area contributed by atoms with Gasteiger partial charge in [-0.2, -0.15) is 0 Å². The Morgan fingerprint density at radius 2 is 0.800 bits per heavy atom. The third kappa shape index (κ3) is 42.3. The van der Waals surface area contributed by atoms with Gasteiger partial charge in [0.1, 0.15) is 0 Å². The fourth-order valence-corrected chi connectivity index (χ4v) is 6.37. The van der Waals surface area contributed by atoms with Crippen molar-refractivity contribution < 1.29 is 15.0 Å². The molecule has 0 fully saturated rings. The van der Waals surface area contributed by atoms with E-state index in [4.69, 9.17) is 0 Å². The maximum Gasteiger partial charge on any atom is 0.220 e. The van der Waals surface area contributed by atoms with Crippen LogP contribution >= 0.6 is 0 Å². The molecule has 0 aromatic rings. The van der Waals surface area contributed by atoms with Gasteiger partial charge in [-0.3, -0.25) is 4.79 Å². The molecule has 2 atom stereocenters. The Morgan fingerprint density at radius 3 is 1.20 bits per heavy atom. The van der Waals surface area contributed by atoms with Gasteiger partial charge in [0, 0.05) is 6.42 Å². The van der Waals surface area contributed by atoms with Crippen LogP contribution < -0.4 is 5.32 Å². The number of allylic oxidation sites excluding steroid dienone is 16. The number of unbranched alkanes of at least 4 members (excludes halogenated alkanes) is 17. The fraction of sp³-hybridized carbons (Fsp3) is 0.667. The number of nitrogens with one attached hydrogen (secondary N) is 1. The molecule has 0 saturated heterocycles. The quantitative estimate of drug-likeness (QED) is 0.0430. The summed E-state index contributed by atoms with van der Waals surface area (Å²) in [7, 11) is 0. The van der Waals surface area contributed by atoms with Crippen LogP contribution in [0.4, 0.5) is 0 Å². The van der Waals surface area contributed by atoms with Crippen molar-refractivity contribution in [2.24, 2.45) is 0 Å². The number of aliphatic hydroxyl groups is 2. The zero-order chi connectivity index (χ0) is 40.0. The summed E-state index contributed by atoms with van der Waals surface area (Å²) in [4.78, 5) is 12.4. The summed E-state index contributed by atoms with van der Waals surface area (Å²) in [6.07, 6.45) is 67.7. The van der Waals surface area contributed by atoms with Crippen LogP contribution in [-0.4, -0.2) is 34.9 Å². The van der Waals surface area contributed by atoms with Gasteiger partial charge in [-0.15, -0.1) is 0 Å². The Morgan fingerprint density at radius 1 is 0.455 bits per heavy atom. The molecule has 0 aliphatic heterocycles. The van der Waals surface area contributed by atoms with E-state index in [0.29, 0.717) is 12.8 Å². The minimum absolute atomic E-state index is 0.0515. The normalized spacial score (nSPS) is 13.9. The van der Waals surface area contributed by atoms with Crippen molar-refractivity contribution in [3.05, 3.63) is 97.2 Å². The molecule has 4 heteroatoms. The molecule has 55 heavy (non-hydrogen) atoms. The van der Waals surface area contributed by atoms with Gasteiger partial charge >= 0.3 is 0 Å². The van der Waals surface area contributed by atoms with E-state index in [1.165, 1.54) is 83.5 Å². The van der Waals surface area contributed by atoms with E-state index in [2.05, 4.69) is 116 Å². The summed E-state index contributed by atoms with van der Waals surface area (Å²) >= 11 is 0. The van der Waals surface area contributed by atoms with Crippen molar-refractivity contribution in [3.8, 4) is 0 Å². The third-order valence-electron chi connectivity index (χ3n) is 9.86. The maximum absolute atomic E-state index is 12.4. The van der Waals surface area contributed by atoms with Crippen molar-refractivity contribution in [2.75, 3.05) is 6.61 Å². The molecule has 0 saturated carbocycles. The lowest BCUT2D eigenvalue weighted by Gasteiger charge is -2.22. The Balaban J connectivity index is 3.64. The summed E-state index contributed by atoms with van der Waals surface area (Å²) in [6.45, 7) is 4.22. The average Bonchev–Trinajstić information content (AvgIpc) is 3.19. The van der Waals surface area contributed by atoms with Crippen LogP contribution in [0.15, 0.2) is 97.2 Å². The van der Waals surface area contributed by atoms with Crippen LogP contribution in [0.3, 0.4) is 0 Å². The number of hydrogen-bond acceptors (Lipinski definition) is 3. The first kappa shape index (κ1) is 52.3. The number of hydrogen-bond donors (Lipinski definition) is 3. The first-order chi connectivity index (χ1) is 27.2. The van der Waals surface area contributed by atoms with E-state index in [0.717, 1.165) is 89.9 Å². The van der Waals surface area contributed by atoms with Crippen LogP contribution in [-0.2, 0) is 4.79 Å². The Bertz CT molecular complexity index is 1050. The summed E-state index contributed by atoms with van der Waals surface area (Å²) < 4.78 is 0. The molecular formula is C51H87NO3. The summed E-state index contributed by atoms with van der Waals surface area (Å²) in [5, 5.41) is 23.1. The van der Waals surface area contributed by atoms with Gasteiger partial charge in [-0.05, 0) is 77.0 Å². The minimum Gasteiger partial charge on any atom is -0.394 e. The molecule has 4 nitrogen and oxygen atoms in total. The van der Waals surface area contributed by atoms with Crippen molar-refractivity contribution in [1.29, 1.82) is 0 Å². The Kier molecular flexibility index (Phi) is 43.5. The molecule has 0 rings (SSSR count). The molecule has 0 aromatic heterocycles. The molecule has 0 bridgehead atoms. The van der Waals surface area contributed by atoms with E-state index >= 15 is 0 Å². The monoisotopic (exact) mass is 762 g/mol. The third-order valence-corrected chi connectivity index (χ3v) is 9.86. The molecule has 314 valence electrons. The zero-order valence-corrected chi connectivity index (χ0v) is 35.9. The summed E-state index contributed by atoms with van der Waals surface area (Å²) in [5.74, 6) is -0.0515. The van der Waals surface area contributed by atoms with Crippen molar-refractivity contribution in [3.63, 3.8) is 0 Å². The Hall–Kier alpha value is -2.69. The molecule has 0 radical (unpaired) electrons. The first-order valence-corrected chi connectivity index (χ1v) is 22.9.